The molecule has 2 aromatic rings. The minimum atomic E-state index is -0.133. The van der Waals surface area contributed by atoms with Gasteiger partial charge in [-0.15, -0.1) is 0 Å². The van der Waals surface area contributed by atoms with Gasteiger partial charge in [-0.05, 0) is 19.8 Å². The van der Waals surface area contributed by atoms with Crippen molar-refractivity contribution in [3.8, 4) is 5.88 Å². The summed E-state index contributed by atoms with van der Waals surface area (Å²) in [6.45, 7) is 2.48. The van der Waals surface area contributed by atoms with Crippen LogP contribution in [0, 0.1) is 0 Å². The third kappa shape index (κ3) is 2.15. The second-order valence-corrected chi connectivity index (χ2v) is 4.41. The molecule has 0 radical (unpaired) electrons. The Morgan fingerprint density at radius 1 is 1.42 bits per heavy atom. The largest absolute Gasteiger partial charge is 0.476 e. The number of fused-ring (bicyclic) bond motifs is 1. The zero-order valence-corrected chi connectivity index (χ0v) is 10.7. The van der Waals surface area contributed by atoms with E-state index < -0.39 is 0 Å². The van der Waals surface area contributed by atoms with Crippen molar-refractivity contribution in [3.63, 3.8) is 0 Å². The highest BCUT2D eigenvalue weighted by Crippen LogP contribution is 2.31. The van der Waals surface area contributed by atoms with E-state index in [0.29, 0.717) is 23.7 Å². The summed E-state index contributed by atoms with van der Waals surface area (Å²) >= 11 is 0. The molecule has 1 aliphatic heterocycles. The first-order valence-electron chi connectivity index (χ1n) is 6.40. The van der Waals surface area contributed by atoms with Gasteiger partial charge in [0.2, 0.25) is 5.88 Å². The molecule has 0 spiro atoms. The van der Waals surface area contributed by atoms with Gasteiger partial charge in [-0.3, -0.25) is 4.57 Å². The molecule has 0 aliphatic carbocycles. The van der Waals surface area contributed by atoms with Gasteiger partial charge in [0.25, 0.3) is 0 Å². The number of aliphatic hydroxyl groups excluding tert-OH is 1. The molecule has 1 fully saturated rings. The standard InChI is InChI=1S/C12H16N4O3/c1-2-18-12-10-11(13-6-14-12)16(7-15-10)9-4-3-8(5-17)19-9/h6-9,17H,2-5H2,1H3/t8-,9+/m0/s1. The van der Waals surface area contributed by atoms with Crippen LogP contribution in [0.1, 0.15) is 26.0 Å². The lowest BCUT2D eigenvalue weighted by molar-refractivity contribution is -0.0207. The van der Waals surface area contributed by atoms with Gasteiger partial charge in [0, 0.05) is 0 Å². The smallest absolute Gasteiger partial charge is 0.245 e. The first kappa shape index (κ1) is 12.3. The molecule has 1 N–H and O–H groups in total. The highest BCUT2D eigenvalue weighted by Gasteiger charge is 2.27. The van der Waals surface area contributed by atoms with Crippen molar-refractivity contribution in [1.82, 2.24) is 19.5 Å². The number of ether oxygens (including phenoxy) is 2. The third-order valence-electron chi connectivity index (χ3n) is 3.21. The number of rotatable bonds is 4. The summed E-state index contributed by atoms with van der Waals surface area (Å²) in [5, 5.41) is 9.11. The van der Waals surface area contributed by atoms with Gasteiger partial charge in [-0.2, -0.15) is 4.98 Å². The van der Waals surface area contributed by atoms with Crippen LogP contribution in [0.2, 0.25) is 0 Å². The van der Waals surface area contributed by atoms with Gasteiger partial charge >= 0.3 is 0 Å². The van der Waals surface area contributed by atoms with Crippen LogP contribution in [-0.4, -0.2) is 43.9 Å². The first-order valence-corrected chi connectivity index (χ1v) is 6.40. The average molecular weight is 264 g/mol. The fraction of sp³-hybridized carbons (Fsp3) is 0.583. The molecule has 1 aliphatic rings. The zero-order chi connectivity index (χ0) is 13.2. The Labute approximate surface area is 110 Å². The molecule has 2 atom stereocenters. The summed E-state index contributed by atoms with van der Waals surface area (Å²) in [4.78, 5) is 12.6. The minimum absolute atomic E-state index is 0.0440. The van der Waals surface area contributed by atoms with Crippen molar-refractivity contribution in [2.45, 2.75) is 32.1 Å². The summed E-state index contributed by atoms with van der Waals surface area (Å²) in [6.07, 6.45) is 4.59. The summed E-state index contributed by atoms with van der Waals surface area (Å²) in [6, 6.07) is 0. The predicted octanol–water partition coefficient (Wildman–Crippen LogP) is 0.895. The van der Waals surface area contributed by atoms with Crippen LogP contribution in [0.3, 0.4) is 0 Å². The zero-order valence-electron chi connectivity index (χ0n) is 10.7. The Hall–Kier alpha value is -1.73. The molecule has 0 unspecified atom stereocenters. The predicted molar refractivity (Wildman–Crippen MR) is 66.7 cm³/mol. The summed E-state index contributed by atoms with van der Waals surface area (Å²) in [5.74, 6) is 0.489. The molecule has 0 aromatic carbocycles. The molecule has 7 heteroatoms. The molecule has 2 aromatic heterocycles. The van der Waals surface area contributed by atoms with Gasteiger partial charge in [-0.25, -0.2) is 9.97 Å². The number of nitrogens with zero attached hydrogens (tertiary/aromatic N) is 4. The number of aromatic nitrogens is 4. The van der Waals surface area contributed by atoms with E-state index in [4.69, 9.17) is 14.6 Å². The van der Waals surface area contributed by atoms with E-state index in [1.165, 1.54) is 6.33 Å². The van der Waals surface area contributed by atoms with Crippen molar-refractivity contribution in [3.05, 3.63) is 12.7 Å². The summed E-state index contributed by atoms with van der Waals surface area (Å²) in [7, 11) is 0. The summed E-state index contributed by atoms with van der Waals surface area (Å²) < 4.78 is 13.0. The van der Waals surface area contributed by atoms with E-state index in [1.807, 2.05) is 11.5 Å². The Kier molecular flexibility index (Phi) is 3.31. The van der Waals surface area contributed by atoms with Crippen LogP contribution in [0.25, 0.3) is 11.2 Å². The molecular weight excluding hydrogens is 248 g/mol. The molecule has 0 saturated carbocycles. The Morgan fingerprint density at radius 3 is 3.05 bits per heavy atom. The minimum Gasteiger partial charge on any atom is -0.476 e. The Bertz CT molecular complexity index is 571. The molecule has 3 heterocycles. The van der Waals surface area contributed by atoms with Gasteiger partial charge in [0.15, 0.2) is 11.2 Å². The van der Waals surface area contributed by atoms with Crippen LogP contribution < -0.4 is 4.74 Å². The molecule has 19 heavy (non-hydrogen) atoms. The van der Waals surface area contributed by atoms with E-state index in [1.54, 1.807) is 6.33 Å². The van der Waals surface area contributed by atoms with Gasteiger partial charge in [0.05, 0.1) is 25.6 Å². The van der Waals surface area contributed by atoms with E-state index in [9.17, 15) is 0 Å². The normalized spacial score (nSPS) is 23.1. The number of hydrogen-bond acceptors (Lipinski definition) is 6. The van der Waals surface area contributed by atoms with E-state index >= 15 is 0 Å². The molecule has 3 rings (SSSR count). The van der Waals surface area contributed by atoms with Gasteiger partial charge < -0.3 is 14.6 Å². The van der Waals surface area contributed by atoms with Crippen molar-refractivity contribution in [2.75, 3.05) is 13.2 Å². The van der Waals surface area contributed by atoms with E-state index in [2.05, 4.69) is 15.0 Å². The van der Waals surface area contributed by atoms with E-state index in [0.717, 1.165) is 12.8 Å². The molecule has 0 bridgehead atoms. The fourth-order valence-electron chi connectivity index (χ4n) is 2.31. The quantitative estimate of drug-likeness (QED) is 0.883. The molecule has 1 saturated heterocycles. The highest BCUT2D eigenvalue weighted by atomic mass is 16.5. The monoisotopic (exact) mass is 264 g/mol. The second kappa shape index (κ2) is 5.10. The van der Waals surface area contributed by atoms with Crippen molar-refractivity contribution >= 4 is 11.2 Å². The topological polar surface area (TPSA) is 82.3 Å². The lowest BCUT2D eigenvalue weighted by atomic mass is 10.2. The number of aliphatic hydroxyl groups is 1. The Balaban J connectivity index is 1.95. The van der Waals surface area contributed by atoms with Crippen LogP contribution >= 0.6 is 0 Å². The van der Waals surface area contributed by atoms with Gasteiger partial charge in [-0.1, -0.05) is 0 Å². The molecule has 0 amide bonds. The third-order valence-corrected chi connectivity index (χ3v) is 3.21. The highest BCUT2D eigenvalue weighted by molar-refractivity contribution is 5.75. The van der Waals surface area contributed by atoms with Crippen molar-refractivity contribution in [1.29, 1.82) is 0 Å². The maximum atomic E-state index is 9.11. The number of imidazole rings is 1. The van der Waals surface area contributed by atoms with Crippen LogP contribution in [0.4, 0.5) is 0 Å². The van der Waals surface area contributed by atoms with Gasteiger partial charge in [0.1, 0.15) is 12.6 Å². The van der Waals surface area contributed by atoms with Crippen molar-refractivity contribution in [2.24, 2.45) is 0 Å². The number of hydrogen-bond donors (Lipinski definition) is 1. The first-order chi connectivity index (χ1) is 9.33. The van der Waals surface area contributed by atoms with Crippen LogP contribution in [-0.2, 0) is 4.74 Å². The second-order valence-electron chi connectivity index (χ2n) is 4.41. The van der Waals surface area contributed by atoms with Crippen LogP contribution in [0.5, 0.6) is 5.88 Å². The Morgan fingerprint density at radius 2 is 2.32 bits per heavy atom. The molecular formula is C12H16N4O3. The lowest BCUT2D eigenvalue weighted by Gasteiger charge is -2.13. The maximum absolute atomic E-state index is 9.11. The maximum Gasteiger partial charge on any atom is 0.245 e. The average Bonchev–Trinajstić information content (AvgIpc) is 3.05. The lowest BCUT2D eigenvalue weighted by Crippen LogP contribution is -2.14. The van der Waals surface area contributed by atoms with Crippen LogP contribution in [0.15, 0.2) is 12.7 Å². The summed E-state index contributed by atoms with van der Waals surface area (Å²) in [5.41, 5.74) is 1.34. The van der Waals surface area contributed by atoms with Crippen molar-refractivity contribution < 1.29 is 14.6 Å². The molecule has 7 nitrogen and oxygen atoms in total. The van der Waals surface area contributed by atoms with E-state index in [-0.39, 0.29) is 18.9 Å². The fourth-order valence-corrected chi connectivity index (χ4v) is 2.31. The molecule has 102 valence electrons. The SMILES string of the molecule is CCOc1ncnc2c1ncn2[C@H]1CC[C@@H](CO)O1.